The fraction of sp³-hybridized carbons (Fsp3) is 0.0833. The lowest BCUT2D eigenvalue weighted by Gasteiger charge is -2.04. The van der Waals surface area contributed by atoms with Crippen LogP contribution < -0.4 is 0 Å². The minimum absolute atomic E-state index is 0.253. The summed E-state index contributed by atoms with van der Waals surface area (Å²) in [6.07, 6.45) is 0. The minimum atomic E-state index is -0.423. The third-order valence-electron chi connectivity index (χ3n) is 5.31. The molecule has 0 aliphatic carbocycles. The number of hydrogen-bond donors (Lipinski definition) is 1. The van der Waals surface area contributed by atoms with Crippen molar-refractivity contribution in [3.05, 3.63) is 81.7 Å². The van der Waals surface area contributed by atoms with Gasteiger partial charge in [0.25, 0.3) is 0 Å². The van der Waals surface area contributed by atoms with Crippen LogP contribution in [0, 0.1) is 12.7 Å². The van der Waals surface area contributed by atoms with Gasteiger partial charge in [0.2, 0.25) is 0 Å². The number of aryl methyl sites for hydroxylation is 2. The highest BCUT2D eigenvalue weighted by Gasteiger charge is 2.17. The molecule has 4 nitrogen and oxygen atoms in total. The number of nitrogens with one attached hydrogen (secondary N) is 1. The lowest BCUT2D eigenvalue weighted by Crippen LogP contribution is -1.92. The third kappa shape index (κ3) is 3.46. The van der Waals surface area contributed by atoms with Gasteiger partial charge in [0.15, 0.2) is 0 Å². The van der Waals surface area contributed by atoms with Crippen LogP contribution in [-0.2, 0) is 7.05 Å². The lowest BCUT2D eigenvalue weighted by atomic mass is 10.1. The predicted octanol–water partition coefficient (Wildman–Crippen LogP) is 7.16. The summed E-state index contributed by atoms with van der Waals surface area (Å²) in [6.45, 7) is 2.06. The molecule has 0 bridgehead atoms. The molecule has 0 amide bonds. The quantitative estimate of drug-likeness (QED) is 0.289. The number of halogens is 3. The Morgan fingerprint density at radius 3 is 2.48 bits per heavy atom. The van der Waals surface area contributed by atoms with E-state index >= 15 is 0 Å². The Hall–Kier alpha value is -2.96. The van der Waals surface area contributed by atoms with Crippen molar-refractivity contribution in [2.24, 2.45) is 7.05 Å². The van der Waals surface area contributed by atoms with E-state index in [2.05, 4.69) is 55.6 Å². The summed E-state index contributed by atoms with van der Waals surface area (Å²) in [7, 11) is 2.02. The average Bonchev–Trinajstić information content (AvgIpc) is 3.28. The van der Waals surface area contributed by atoms with Crippen molar-refractivity contribution in [2.45, 2.75) is 6.92 Å². The molecule has 0 saturated carbocycles. The van der Waals surface area contributed by atoms with E-state index in [4.69, 9.17) is 16.6 Å². The molecule has 0 saturated heterocycles. The lowest BCUT2D eigenvalue weighted by molar-refractivity contribution is 0.630. The van der Waals surface area contributed by atoms with Crippen molar-refractivity contribution in [1.29, 1.82) is 0 Å². The summed E-state index contributed by atoms with van der Waals surface area (Å²) in [5, 5.41) is 0.306. The van der Waals surface area contributed by atoms with E-state index < -0.39 is 5.82 Å². The monoisotopic (exact) mass is 494 g/mol. The molecular weight excluding hydrogens is 479 g/mol. The molecule has 0 atom stereocenters. The number of rotatable bonds is 3. The SMILES string of the molecule is Cc1ccc2c(c1)nc(-c1ccc(-c3nc(-c4c(F)cccc4Cl)[nH]c3Br)cc1)n2C. The molecule has 5 rings (SSSR count). The van der Waals surface area contributed by atoms with Crippen LogP contribution in [0.5, 0.6) is 0 Å². The van der Waals surface area contributed by atoms with Gasteiger partial charge in [-0.05, 0) is 52.7 Å². The highest BCUT2D eigenvalue weighted by Crippen LogP contribution is 2.35. The van der Waals surface area contributed by atoms with Gasteiger partial charge < -0.3 is 9.55 Å². The summed E-state index contributed by atoms with van der Waals surface area (Å²) in [4.78, 5) is 12.5. The predicted molar refractivity (Wildman–Crippen MR) is 127 cm³/mol. The number of benzene rings is 3. The van der Waals surface area contributed by atoms with Crippen LogP contribution >= 0.6 is 27.5 Å². The average molecular weight is 496 g/mol. The zero-order valence-electron chi connectivity index (χ0n) is 16.7. The molecule has 0 unspecified atom stereocenters. The Morgan fingerprint density at radius 1 is 1.00 bits per heavy atom. The largest absolute Gasteiger partial charge is 0.332 e. The first-order valence-electron chi connectivity index (χ1n) is 9.66. The maximum absolute atomic E-state index is 14.3. The summed E-state index contributed by atoms with van der Waals surface area (Å²) < 4.78 is 17.1. The summed E-state index contributed by atoms with van der Waals surface area (Å²) >= 11 is 9.70. The van der Waals surface area contributed by atoms with E-state index in [9.17, 15) is 4.39 Å². The number of H-pyrrole nitrogens is 1. The van der Waals surface area contributed by atoms with E-state index in [0.29, 0.717) is 21.1 Å². The van der Waals surface area contributed by atoms with Gasteiger partial charge in [-0.15, -0.1) is 0 Å². The van der Waals surface area contributed by atoms with E-state index in [1.54, 1.807) is 12.1 Å². The molecule has 3 aromatic carbocycles. The molecule has 0 radical (unpaired) electrons. The number of nitrogens with zero attached hydrogens (tertiary/aromatic N) is 3. The van der Waals surface area contributed by atoms with Gasteiger partial charge in [-0.2, -0.15) is 0 Å². The maximum atomic E-state index is 14.3. The summed E-state index contributed by atoms with van der Waals surface area (Å²) in [5.74, 6) is 0.847. The number of aromatic nitrogens is 4. The van der Waals surface area contributed by atoms with Crippen molar-refractivity contribution < 1.29 is 4.39 Å². The molecule has 154 valence electrons. The second-order valence-electron chi connectivity index (χ2n) is 7.41. The Morgan fingerprint density at radius 2 is 1.74 bits per heavy atom. The van der Waals surface area contributed by atoms with Crippen molar-refractivity contribution in [3.63, 3.8) is 0 Å². The Bertz CT molecular complexity index is 1420. The summed E-state index contributed by atoms with van der Waals surface area (Å²) in [5.41, 5.74) is 6.07. The zero-order valence-corrected chi connectivity index (χ0v) is 19.1. The fourth-order valence-electron chi connectivity index (χ4n) is 3.73. The van der Waals surface area contributed by atoms with E-state index in [1.165, 1.54) is 11.6 Å². The number of imidazole rings is 2. The smallest absolute Gasteiger partial charge is 0.143 e. The second-order valence-corrected chi connectivity index (χ2v) is 8.61. The van der Waals surface area contributed by atoms with Crippen molar-refractivity contribution in [3.8, 4) is 34.0 Å². The Kier molecular flexibility index (Phi) is 4.91. The first kappa shape index (κ1) is 20.0. The first-order valence-corrected chi connectivity index (χ1v) is 10.8. The first-order chi connectivity index (χ1) is 14.9. The van der Waals surface area contributed by atoms with Crippen LogP contribution in [-0.4, -0.2) is 19.5 Å². The molecule has 0 spiro atoms. The molecule has 0 aliphatic heterocycles. The van der Waals surface area contributed by atoms with Crippen LogP contribution in [0.15, 0.2) is 65.3 Å². The molecule has 0 fully saturated rings. The normalized spacial score (nSPS) is 11.4. The Labute approximate surface area is 191 Å². The third-order valence-corrected chi connectivity index (χ3v) is 6.20. The highest BCUT2D eigenvalue weighted by atomic mass is 79.9. The van der Waals surface area contributed by atoms with Gasteiger partial charge in [-0.3, -0.25) is 0 Å². The Balaban J connectivity index is 1.53. The van der Waals surface area contributed by atoms with Crippen LogP contribution in [0.25, 0.3) is 45.1 Å². The fourth-order valence-corrected chi connectivity index (χ4v) is 4.49. The van der Waals surface area contributed by atoms with E-state index in [1.807, 2.05) is 31.3 Å². The van der Waals surface area contributed by atoms with Crippen LogP contribution in [0.1, 0.15) is 5.56 Å². The molecule has 5 aromatic rings. The van der Waals surface area contributed by atoms with Crippen molar-refractivity contribution in [1.82, 2.24) is 19.5 Å². The molecular formula is C24H17BrClFN4. The molecule has 7 heteroatoms. The molecule has 31 heavy (non-hydrogen) atoms. The van der Waals surface area contributed by atoms with E-state index in [0.717, 1.165) is 28.0 Å². The molecule has 2 heterocycles. The highest BCUT2D eigenvalue weighted by molar-refractivity contribution is 9.10. The topological polar surface area (TPSA) is 46.5 Å². The number of fused-ring (bicyclic) bond motifs is 1. The minimum Gasteiger partial charge on any atom is -0.332 e. The standard InChI is InChI=1S/C24H17BrClFN4/c1-13-6-11-19-18(12-13)28-24(31(19)2)15-9-7-14(8-10-15)21-22(25)30-23(29-21)20-16(26)4-3-5-17(20)27/h3-12H,1-2H3,(H,29,30). The van der Waals surface area contributed by atoms with Crippen LogP contribution in [0.4, 0.5) is 4.39 Å². The molecule has 2 aromatic heterocycles. The second kappa shape index (κ2) is 7.62. The van der Waals surface area contributed by atoms with Gasteiger partial charge in [-0.1, -0.05) is 48.0 Å². The summed E-state index contributed by atoms with van der Waals surface area (Å²) in [6, 6.07) is 18.8. The molecule has 0 aliphatic rings. The maximum Gasteiger partial charge on any atom is 0.143 e. The van der Waals surface area contributed by atoms with Crippen molar-refractivity contribution >= 4 is 38.6 Å². The number of aromatic amines is 1. The van der Waals surface area contributed by atoms with Gasteiger partial charge in [0.05, 0.1) is 21.6 Å². The van der Waals surface area contributed by atoms with Crippen LogP contribution in [0.3, 0.4) is 0 Å². The van der Waals surface area contributed by atoms with E-state index in [-0.39, 0.29) is 5.56 Å². The van der Waals surface area contributed by atoms with Gasteiger partial charge in [0.1, 0.15) is 27.8 Å². The zero-order chi connectivity index (χ0) is 21.7. The van der Waals surface area contributed by atoms with Gasteiger partial charge >= 0.3 is 0 Å². The van der Waals surface area contributed by atoms with Crippen molar-refractivity contribution in [2.75, 3.05) is 0 Å². The number of hydrogen-bond acceptors (Lipinski definition) is 2. The van der Waals surface area contributed by atoms with Crippen LogP contribution in [0.2, 0.25) is 5.02 Å². The van der Waals surface area contributed by atoms with Gasteiger partial charge in [-0.25, -0.2) is 14.4 Å². The van der Waals surface area contributed by atoms with Gasteiger partial charge in [0, 0.05) is 18.2 Å². The molecule has 1 N–H and O–H groups in total.